The van der Waals surface area contributed by atoms with Crippen molar-refractivity contribution in [2.75, 3.05) is 32.6 Å². The SMILES string of the molecule is CCc1cc(OC)c(F)c(COc2cnc(Nc3cccc(OC4CCN(C)CC4)c3)nc2)c1F. The molecule has 1 N–H and O–H groups in total. The number of nitrogens with zero attached hydrogens (tertiary/aromatic N) is 3. The number of hydrogen-bond acceptors (Lipinski definition) is 7. The predicted molar refractivity (Wildman–Crippen MR) is 130 cm³/mol. The zero-order chi connectivity index (χ0) is 24.8. The number of nitrogens with one attached hydrogen (secondary N) is 1. The van der Waals surface area contributed by atoms with Gasteiger partial charge in [0.2, 0.25) is 5.95 Å². The zero-order valence-electron chi connectivity index (χ0n) is 20.2. The van der Waals surface area contributed by atoms with Crippen molar-refractivity contribution in [1.82, 2.24) is 14.9 Å². The van der Waals surface area contributed by atoms with E-state index in [1.54, 1.807) is 6.92 Å². The number of likely N-dealkylation sites (tertiary alicyclic amines) is 1. The Kier molecular flexibility index (Phi) is 7.97. The van der Waals surface area contributed by atoms with Gasteiger partial charge in [0, 0.05) is 24.8 Å². The number of benzene rings is 2. The summed E-state index contributed by atoms with van der Waals surface area (Å²) in [7, 11) is 3.46. The maximum absolute atomic E-state index is 14.6. The highest BCUT2D eigenvalue weighted by molar-refractivity contribution is 5.55. The minimum atomic E-state index is -0.774. The smallest absolute Gasteiger partial charge is 0.227 e. The van der Waals surface area contributed by atoms with Gasteiger partial charge in [0.05, 0.1) is 25.1 Å². The van der Waals surface area contributed by atoms with Crippen LogP contribution in [0.2, 0.25) is 0 Å². The fourth-order valence-electron chi connectivity index (χ4n) is 3.94. The van der Waals surface area contributed by atoms with Crippen LogP contribution in [0.1, 0.15) is 30.9 Å². The summed E-state index contributed by atoms with van der Waals surface area (Å²) < 4.78 is 45.9. The van der Waals surface area contributed by atoms with Crippen LogP contribution in [-0.2, 0) is 13.0 Å². The van der Waals surface area contributed by atoms with Crippen molar-refractivity contribution < 1.29 is 23.0 Å². The van der Waals surface area contributed by atoms with E-state index in [1.165, 1.54) is 25.6 Å². The zero-order valence-corrected chi connectivity index (χ0v) is 20.2. The number of aromatic nitrogens is 2. The van der Waals surface area contributed by atoms with Crippen molar-refractivity contribution in [2.24, 2.45) is 0 Å². The van der Waals surface area contributed by atoms with E-state index in [4.69, 9.17) is 14.2 Å². The summed E-state index contributed by atoms with van der Waals surface area (Å²) in [5, 5.41) is 3.14. The molecule has 35 heavy (non-hydrogen) atoms. The van der Waals surface area contributed by atoms with E-state index in [9.17, 15) is 8.78 Å². The number of anilines is 2. The van der Waals surface area contributed by atoms with Crippen LogP contribution in [0.25, 0.3) is 0 Å². The Balaban J connectivity index is 1.37. The first-order chi connectivity index (χ1) is 17.0. The summed E-state index contributed by atoms with van der Waals surface area (Å²) in [6.07, 6.45) is 5.52. The number of aryl methyl sites for hydroxylation is 1. The second-order valence-electron chi connectivity index (χ2n) is 8.50. The Morgan fingerprint density at radius 1 is 1.06 bits per heavy atom. The summed E-state index contributed by atoms with van der Waals surface area (Å²) in [5.74, 6) is 0.0180. The van der Waals surface area contributed by atoms with Gasteiger partial charge in [0.25, 0.3) is 0 Å². The highest BCUT2D eigenvalue weighted by Crippen LogP contribution is 2.28. The van der Waals surface area contributed by atoms with Crippen molar-refractivity contribution in [2.45, 2.75) is 38.9 Å². The lowest BCUT2D eigenvalue weighted by Crippen LogP contribution is -2.35. The first-order valence-electron chi connectivity index (χ1n) is 11.7. The van der Waals surface area contributed by atoms with Crippen LogP contribution in [0, 0.1) is 11.6 Å². The second-order valence-corrected chi connectivity index (χ2v) is 8.50. The van der Waals surface area contributed by atoms with Gasteiger partial charge in [-0.2, -0.15) is 0 Å². The van der Waals surface area contributed by atoms with Crippen LogP contribution in [0.15, 0.2) is 42.7 Å². The molecule has 0 spiro atoms. The largest absolute Gasteiger partial charge is 0.494 e. The average Bonchev–Trinajstić information content (AvgIpc) is 2.87. The first kappa shape index (κ1) is 24.7. The van der Waals surface area contributed by atoms with E-state index in [-0.39, 0.29) is 29.8 Å². The maximum Gasteiger partial charge on any atom is 0.227 e. The van der Waals surface area contributed by atoms with E-state index in [2.05, 4.69) is 27.2 Å². The van der Waals surface area contributed by atoms with E-state index in [1.807, 2.05) is 24.3 Å². The molecule has 0 amide bonds. The summed E-state index contributed by atoms with van der Waals surface area (Å²) in [4.78, 5) is 10.8. The van der Waals surface area contributed by atoms with Crippen molar-refractivity contribution in [1.29, 1.82) is 0 Å². The van der Waals surface area contributed by atoms with E-state index < -0.39 is 11.6 Å². The molecule has 0 atom stereocenters. The van der Waals surface area contributed by atoms with Crippen LogP contribution >= 0.6 is 0 Å². The lowest BCUT2D eigenvalue weighted by atomic mass is 10.1. The summed E-state index contributed by atoms with van der Waals surface area (Å²) in [5.41, 5.74) is 0.959. The van der Waals surface area contributed by atoms with Gasteiger partial charge < -0.3 is 24.4 Å². The number of ether oxygens (including phenoxy) is 3. The Bertz CT molecular complexity index is 1110. The van der Waals surface area contributed by atoms with Gasteiger partial charge in [-0.3, -0.25) is 0 Å². The Morgan fingerprint density at radius 3 is 2.49 bits per heavy atom. The number of methoxy groups -OCH3 is 1. The van der Waals surface area contributed by atoms with E-state index >= 15 is 0 Å². The first-order valence-corrected chi connectivity index (χ1v) is 11.7. The standard InChI is InChI=1S/C26H30F2N4O3/c1-4-17-12-23(33-3)25(28)22(24(17)27)16-34-21-14-29-26(30-15-21)31-18-6-5-7-20(13-18)35-19-8-10-32(2)11-9-19/h5-7,12-15,19H,4,8-11,16H2,1-3H3,(H,29,30,31). The van der Waals surface area contributed by atoms with Gasteiger partial charge in [-0.05, 0) is 50.1 Å². The van der Waals surface area contributed by atoms with Crippen LogP contribution in [-0.4, -0.2) is 48.2 Å². The third kappa shape index (κ3) is 6.16. The molecule has 1 saturated heterocycles. The van der Waals surface area contributed by atoms with Gasteiger partial charge >= 0.3 is 0 Å². The fourth-order valence-corrected chi connectivity index (χ4v) is 3.94. The van der Waals surface area contributed by atoms with Gasteiger partial charge in [-0.15, -0.1) is 0 Å². The Hall–Kier alpha value is -3.46. The molecule has 2 aromatic carbocycles. The normalized spacial score (nSPS) is 14.5. The van der Waals surface area contributed by atoms with Gasteiger partial charge in [-0.1, -0.05) is 13.0 Å². The molecule has 186 valence electrons. The van der Waals surface area contributed by atoms with E-state index in [0.29, 0.717) is 17.9 Å². The predicted octanol–water partition coefficient (Wildman–Crippen LogP) is 5.12. The third-order valence-corrected chi connectivity index (χ3v) is 6.00. The van der Waals surface area contributed by atoms with Crippen LogP contribution in [0.4, 0.5) is 20.4 Å². The van der Waals surface area contributed by atoms with Crippen molar-refractivity contribution >= 4 is 11.6 Å². The highest BCUT2D eigenvalue weighted by atomic mass is 19.1. The third-order valence-electron chi connectivity index (χ3n) is 6.00. The minimum Gasteiger partial charge on any atom is -0.494 e. The molecule has 1 aliphatic heterocycles. The van der Waals surface area contributed by atoms with Crippen LogP contribution in [0.5, 0.6) is 17.2 Å². The molecule has 0 saturated carbocycles. The molecule has 1 fully saturated rings. The molecule has 1 aromatic heterocycles. The number of rotatable bonds is 9. The van der Waals surface area contributed by atoms with Gasteiger partial charge in [-0.25, -0.2) is 18.7 Å². The number of hydrogen-bond donors (Lipinski definition) is 1. The van der Waals surface area contributed by atoms with Crippen molar-refractivity contribution in [3.05, 3.63) is 65.5 Å². The summed E-state index contributed by atoms with van der Waals surface area (Å²) in [6, 6.07) is 9.01. The Labute approximate surface area is 204 Å². The molecule has 0 radical (unpaired) electrons. The molecule has 3 aromatic rings. The molecule has 2 heterocycles. The van der Waals surface area contributed by atoms with Crippen molar-refractivity contribution in [3.63, 3.8) is 0 Å². The summed E-state index contributed by atoms with van der Waals surface area (Å²) in [6.45, 7) is 3.54. The summed E-state index contributed by atoms with van der Waals surface area (Å²) >= 11 is 0. The lowest BCUT2D eigenvalue weighted by molar-refractivity contribution is 0.114. The number of halogens is 2. The lowest BCUT2D eigenvalue weighted by Gasteiger charge is -2.29. The Morgan fingerprint density at radius 2 is 1.80 bits per heavy atom. The minimum absolute atomic E-state index is 0.0142. The van der Waals surface area contributed by atoms with Gasteiger partial charge in [0.15, 0.2) is 17.3 Å². The molecule has 9 heteroatoms. The number of piperidine rings is 1. The van der Waals surface area contributed by atoms with Gasteiger partial charge in [0.1, 0.15) is 24.3 Å². The average molecular weight is 485 g/mol. The molecular weight excluding hydrogens is 454 g/mol. The molecule has 4 rings (SSSR count). The molecule has 7 nitrogen and oxygen atoms in total. The van der Waals surface area contributed by atoms with Crippen LogP contribution in [0.3, 0.4) is 0 Å². The fraction of sp³-hybridized carbons (Fsp3) is 0.385. The van der Waals surface area contributed by atoms with Crippen LogP contribution < -0.4 is 19.5 Å². The monoisotopic (exact) mass is 484 g/mol. The molecule has 0 bridgehead atoms. The quantitative estimate of drug-likeness (QED) is 0.452. The highest BCUT2D eigenvalue weighted by Gasteiger charge is 2.20. The van der Waals surface area contributed by atoms with Crippen molar-refractivity contribution in [3.8, 4) is 17.2 Å². The molecular formula is C26H30F2N4O3. The van der Waals surface area contributed by atoms with E-state index in [0.717, 1.165) is 37.4 Å². The molecule has 0 aliphatic carbocycles. The second kappa shape index (κ2) is 11.3. The maximum atomic E-state index is 14.6. The topological polar surface area (TPSA) is 68.7 Å². The molecule has 0 unspecified atom stereocenters. The molecule has 1 aliphatic rings.